The molecule has 3 heteroatoms. The van der Waals surface area contributed by atoms with Crippen LogP contribution in [-0.2, 0) is 0 Å². The average Bonchev–Trinajstić information content (AvgIpc) is 2.69. The van der Waals surface area contributed by atoms with E-state index in [1.165, 1.54) is 38.8 Å². The van der Waals surface area contributed by atoms with E-state index in [4.69, 9.17) is 0 Å². The molecule has 0 aromatic heterocycles. The van der Waals surface area contributed by atoms with Crippen LogP contribution in [0.25, 0.3) is 0 Å². The molecule has 2 saturated heterocycles. The van der Waals surface area contributed by atoms with E-state index in [2.05, 4.69) is 36.1 Å². The number of nitrogens with zero attached hydrogens (tertiary/aromatic N) is 2. The van der Waals surface area contributed by atoms with Gasteiger partial charge in [0.15, 0.2) is 0 Å². The summed E-state index contributed by atoms with van der Waals surface area (Å²) in [6.45, 7) is 6.08. The van der Waals surface area contributed by atoms with Crippen molar-refractivity contribution in [3.63, 3.8) is 0 Å². The number of likely N-dealkylation sites (N-methyl/N-ethyl adjacent to an activating group) is 1. The van der Waals surface area contributed by atoms with Gasteiger partial charge in [0.05, 0.1) is 0 Å². The van der Waals surface area contributed by atoms with Crippen molar-refractivity contribution in [3.05, 3.63) is 0 Å². The predicted octanol–water partition coefficient (Wildman–Crippen LogP) is 1.15. The van der Waals surface area contributed by atoms with Gasteiger partial charge in [-0.3, -0.25) is 4.90 Å². The van der Waals surface area contributed by atoms with Crippen molar-refractivity contribution in [3.8, 4) is 0 Å². The van der Waals surface area contributed by atoms with Crippen molar-refractivity contribution in [2.45, 2.75) is 50.7 Å². The standard InChI is InChI=1S/C13H27N3/c1-11(15(2)3)10-14-12-7-9-16-8-5-4-6-13(12)16/h11-14H,4-10H2,1-3H3. The molecule has 94 valence electrons. The Morgan fingerprint density at radius 1 is 1.25 bits per heavy atom. The SMILES string of the molecule is CC(CNC1CCN2CCCCC12)N(C)C. The average molecular weight is 225 g/mol. The van der Waals surface area contributed by atoms with Gasteiger partial charge in [-0.25, -0.2) is 0 Å². The second-order valence-electron chi connectivity index (χ2n) is 5.72. The summed E-state index contributed by atoms with van der Waals surface area (Å²) in [7, 11) is 4.32. The quantitative estimate of drug-likeness (QED) is 0.774. The van der Waals surface area contributed by atoms with E-state index < -0.39 is 0 Å². The summed E-state index contributed by atoms with van der Waals surface area (Å²) in [5, 5.41) is 3.78. The molecule has 0 aromatic rings. The first-order chi connectivity index (χ1) is 7.68. The highest BCUT2D eigenvalue weighted by Crippen LogP contribution is 2.26. The first-order valence-electron chi connectivity index (χ1n) is 6.82. The molecule has 3 atom stereocenters. The Balaban J connectivity index is 1.77. The zero-order chi connectivity index (χ0) is 11.5. The smallest absolute Gasteiger partial charge is 0.0249 e. The maximum absolute atomic E-state index is 3.78. The van der Waals surface area contributed by atoms with Gasteiger partial charge < -0.3 is 10.2 Å². The number of fused-ring (bicyclic) bond motifs is 1. The van der Waals surface area contributed by atoms with Gasteiger partial charge in [-0.15, -0.1) is 0 Å². The van der Waals surface area contributed by atoms with Crippen LogP contribution >= 0.6 is 0 Å². The van der Waals surface area contributed by atoms with Gasteiger partial charge in [-0.2, -0.15) is 0 Å². The van der Waals surface area contributed by atoms with Gasteiger partial charge in [-0.1, -0.05) is 6.42 Å². The van der Waals surface area contributed by atoms with Crippen LogP contribution in [0.5, 0.6) is 0 Å². The van der Waals surface area contributed by atoms with Crippen LogP contribution in [0, 0.1) is 0 Å². The first-order valence-corrected chi connectivity index (χ1v) is 6.82. The van der Waals surface area contributed by atoms with Gasteiger partial charge in [-0.05, 0) is 46.8 Å². The van der Waals surface area contributed by atoms with E-state index in [1.54, 1.807) is 0 Å². The number of piperidine rings is 1. The van der Waals surface area contributed by atoms with Gasteiger partial charge >= 0.3 is 0 Å². The molecular weight excluding hydrogens is 198 g/mol. The maximum atomic E-state index is 3.78. The summed E-state index contributed by atoms with van der Waals surface area (Å²) in [6, 6.07) is 2.23. The van der Waals surface area contributed by atoms with Crippen molar-refractivity contribution in [2.24, 2.45) is 0 Å². The Kier molecular flexibility index (Phi) is 4.22. The lowest BCUT2D eigenvalue weighted by atomic mass is 9.99. The van der Waals surface area contributed by atoms with E-state index in [9.17, 15) is 0 Å². The summed E-state index contributed by atoms with van der Waals surface area (Å²) < 4.78 is 0. The third kappa shape index (κ3) is 2.76. The van der Waals surface area contributed by atoms with Gasteiger partial charge in [0.2, 0.25) is 0 Å². The Labute approximate surface area is 100 Å². The van der Waals surface area contributed by atoms with Crippen LogP contribution < -0.4 is 5.32 Å². The van der Waals surface area contributed by atoms with Gasteiger partial charge in [0, 0.05) is 31.2 Å². The fraction of sp³-hybridized carbons (Fsp3) is 1.00. The molecule has 2 aliphatic heterocycles. The number of nitrogens with one attached hydrogen (secondary N) is 1. The van der Waals surface area contributed by atoms with E-state index in [1.807, 2.05) is 0 Å². The highest BCUT2D eigenvalue weighted by molar-refractivity contribution is 4.94. The molecule has 0 amide bonds. The fourth-order valence-corrected chi connectivity index (χ4v) is 2.99. The van der Waals surface area contributed by atoms with E-state index >= 15 is 0 Å². The molecule has 0 aliphatic carbocycles. The van der Waals surface area contributed by atoms with E-state index in [-0.39, 0.29) is 0 Å². The van der Waals surface area contributed by atoms with Crippen molar-refractivity contribution < 1.29 is 0 Å². The predicted molar refractivity (Wildman–Crippen MR) is 68.8 cm³/mol. The Hall–Kier alpha value is -0.120. The van der Waals surface area contributed by atoms with E-state index in [0.29, 0.717) is 6.04 Å². The van der Waals surface area contributed by atoms with Crippen LogP contribution in [-0.4, -0.2) is 61.7 Å². The molecule has 3 unspecified atom stereocenters. The molecule has 0 spiro atoms. The Morgan fingerprint density at radius 2 is 2.06 bits per heavy atom. The summed E-state index contributed by atoms with van der Waals surface area (Å²) in [6.07, 6.45) is 5.61. The molecule has 0 aromatic carbocycles. The molecule has 2 rings (SSSR count). The Morgan fingerprint density at radius 3 is 2.81 bits per heavy atom. The molecule has 2 aliphatic rings. The van der Waals surface area contributed by atoms with Crippen LogP contribution in [0.3, 0.4) is 0 Å². The zero-order valence-corrected chi connectivity index (χ0v) is 11.1. The summed E-state index contributed by atoms with van der Waals surface area (Å²) in [4.78, 5) is 4.99. The summed E-state index contributed by atoms with van der Waals surface area (Å²) in [5.74, 6) is 0. The van der Waals surface area contributed by atoms with Crippen molar-refractivity contribution in [1.29, 1.82) is 0 Å². The van der Waals surface area contributed by atoms with Crippen molar-refractivity contribution in [2.75, 3.05) is 33.7 Å². The molecule has 3 nitrogen and oxygen atoms in total. The second kappa shape index (κ2) is 5.48. The fourth-order valence-electron chi connectivity index (χ4n) is 2.99. The van der Waals surface area contributed by atoms with Crippen LogP contribution in [0.2, 0.25) is 0 Å². The van der Waals surface area contributed by atoms with Crippen LogP contribution in [0.15, 0.2) is 0 Å². The van der Waals surface area contributed by atoms with Crippen molar-refractivity contribution in [1.82, 2.24) is 15.1 Å². The second-order valence-corrected chi connectivity index (χ2v) is 5.72. The van der Waals surface area contributed by atoms with Gasteiger partial charge in [0.1, 0.15) is 0 Å². The highest BCUT2D eigenvalue weighted by atomic mass is 15.2. The largest absolute Gasteiger partial charge is 0.311 e. The minimum Gasteiger partial charge on any atom is -0.311 e. The molecule has 0 saturated carbocycles. The molecular formula is C13H27N3. The first kappa shape index (κ1) is 12.3. The minimum atomic E-state index is 0.637. The number of hydrogen-bond donors (Lipinski definition) is 1. The molecule has 2 fully saturated rings. The van der Waals surface area contributed by atoms with Crippen molar-refractivity contribution >= 4 is 0 Å². The summed E-state index contributed by atoms with van der Waals surface area (Å²) >= 11 is 0. The lowest BCUT2D eigenvalue weighted by molar-refractivity contribution is 0.176. The normalized spacial score (nSPS) is 33.0. The Bertz CT molecular complexity index is 217. The topological polar surface area (TPSA) is 18.5 Å². The van der Waals surface area contributed by atoms with Gasteiger partial charge in [0.25, 0.3) is 0 Å². The third-order valence-corrected chi connectivity index (χ3v) is 4.41. The lowest BCUT2D eigenvalue weighted by Crippen LogP contribution is -2.48. The number of hydrogen-bond acceptors (Lipinski definition) is 3. The third-order valence-electron chi connectivity index (χ3n) is 4.41. The number of rotatable bonds is 4. The molecule has 0 radical (unpaired) electrons. The zero-order valence-electron chi connectivity index (χ0n) is 11.1. The van der Waals surface area contributed by atoms with Crippen LogP contribution in [0.4, 0.5) is 0 Å². The lowest BCUT2D eigenvalue weighted by Gasteiger charge is -2.33. The van der Waals surface area contributed by atoms with E-state index in [0.717, 1.165) is 18.6 Å². The highest BCUT2D eigenvalue weighted by Gasteiger charge is 2.35. The minimum absolute atomic E-state index is 0.637. The molecule has 16 heavy (non-hydrogen) atoms. The maximum Gasteiger partial charge on any atom is 0.0249 e. The summed E-state index contributed by atoms with van der Waals surface area (Å²) in [5.41, 5.74) is 0. The molecule has 1 N–H and O–H groups in total. The molecule has 2 heterocycles. The molecule has 0 bridgehead atoms. The monoisotopic (exact) mass is 225 g/mol. The van der Waals surface area contributed by atoms with Crippen LogP contribution in [0.1, 0.15) is 32.6 Å².